The van der Waals surface area contributed by atoms with Gasteiger partial charge in [0.05, 0.1) is 29.8 Å². The molecule has 5 aliphatic rings. The number of likely N-dealkylation sites (tertiary alicyclic amines) is 1. The average Bonchev–Trinajstić information content (AvgIpc) is 3.30. The number of primary amides is 1. The maximum atomic E-state index is 12.3. The second kappa shape index (κ2) is 5.60. The second-order valence-corrected chi connectivity index (χ2v) is 9.00. The summed E-state index contributed by atoms with van der Waals surface area (Å²) in [5.74, 6) is -0.885. The summed E-state index contributed by atoms with van der Waals surface area (Å²) in [5, 5.41) is 12.3. The highest BCUT2D eigenvalue weighted by atomic mass is 16.8. The Morgan fingerprint density at radius 2 is 2.10 bits per heavy atom. The highest BCUT2D eigenvalue weighted by Gasteiger charge is 2.77. The monoisotopic (exact) mass is 398 g/mol. The van der Waals surface area contributed by atoms with Gasteiger partial charge < -0.3 is 25.1 Å². The molecule has 2 bridgehead atoms. The number of aliphatic hydroxyl groups is 1. The van der Waals surface area contributed by atoms with E-state index in [1.165, 1.54) is 0 Å². The van der Waals surface area contributed by atoms with Crippen LogP contribution in [-0.4, -0.2) is 65.8 Å². The van der Waals surface area contributed by atoms with Crippen molar-refractivity contribution in [1.29, 1.82) is 0 Å². The van der Waals surface area contributed by atoms with Gasteiger partial charge in [0.2, 0.25) is 5.79 Å². The number of rotatable bonds is 3. The molecule has 3 N–H and O–H groups in total. The van der Waals surface area contributed by atoms with Crippen LogP contribution in [0, 0.1) is 0 Å². The summed E-state index contributed by atoms with van der Waals surface area (Å²) >= 11 is 0. The molecule has 1 saturated carbocycles. The smallest absolute Gasteiger partial charge is 0.252 e. The quantitative estimate of drug-likeness (QED) is 0.734. The van der Waals surface area contributed by atoms with Crippen LogP contribution in [0.2, 0.25) is 0 Å². The summed E-state index contributed by atoms with van der Waals surface area (Å²) in [7, 11) is 0. The molecular weight excluding hydrogens is 372 g/mol. The van der Waals surface area contributed by atoms with Crippen molar-refractivity contribution in [3.8, 4) is 5.75 Å². The van der Waals surface area contributed by atoms with Crippen LogP contribution < -0.4 is 10.5 Å². The van der Waals surface area contributed by atoms with Gasteiger partial charge in [0.25, 0.3) is 5.91 Å². The minimum atomic E-state index is -0.992. The number of nitrogens with zero attached hydrogens (tertiary/aromatic N) is 1. The fraction of sp³-hybridized carbons (Fsp3) is 0.591. The van der Waals surface area contributed by atoms with E-state index >= 15 is 0 Å². The minimum Gasteiger partial charge on any atom is -0.483 e. The number of hydrogen-bond donors (Lipinski definition) is 2. The maximum absolute atomic E-state index is 12.3. The van der Waals surface area contributed by atoms with E-state index in [0.29, 0.717) is 50.2 Å². The van der Waals surface area contributed by atoms with Gasteiger partial charge in [-0.3, -0.25) is 9.69 Å². The van der Waals surface area contributed by atoms with Crippen LogP contribution in [0.1, 0.15) is 40.7 Å². The van der Waals surface area contributed by atoms with Crippen LogP contribution in [0.3, 0.4) is 0 Å². The van der Waals surface area contributed by atoms with E-state index in [2.05, 4.69) is 11.5 Å². The number of carbonyl (C=O) groups excluding carboxylic acids is 1. The fourth-order valence-electron chi connectivity index (χ4n) is 6.95. The lowest BCUT2D eigenvalue weighted by atomic mass is 9.48. The summed E-state index contributed by atoms with van der Waals surface area (Å²) in [6.45, 7) is 6.46. The molecule has 29 heavy (non-hydrogen) atoms. The molecule has 1 amide bonds. The predicted molar refractivity (Wildman–Crippen MR) is 104 cm³/mol. The molecule has 3 fully saturated rings. The Labute approximate surface area is 169 Å². The lowest BCUT2D eigenvalue weighted by Gasteiger charge is -2.65. The molecule has 3 heterocycles. The highest BCUT2D eigenvalue weighted by molar-refractivity contribution is 5.97. The van der Waals surface area contributed by atoms with Crippen LogP contribution in [0.4, 0.5) is 0 Å². The fourth-order valence-corrected chi connectivity index (χ4v) is 6.95. The zero-order chi connectivity index (χ0) is 20.0. The Morgan fingerprint density at radius 1 is 1.31 bits per heavy atom. The Balaban J connectivity index is 1.62. The van der Waals surface area contributed by atoms with Gasteiger partial charge in [-0.25, -0.2) is 0 Å². The Bertz CT molecular complexity index is 926. The van der Waals surface area contributed by atoms with Crippen LogP contribution in [0.15, 0.2) is 24.8 Å². The Hall–Kier alpha value is -1.93. The van der Waals surface area contributed by atoms with Gasteiger partial charge in [-0.1, -0.05) is 12.1 Å². The number of piperidine rings is 1. The maximum Gasteiger partial charge on any atom is 0.252 e. The molecule has 1 aromatic carbocycles. The van der Waals surface area contributed by atoms with E-state index in [1.54, 1.807) is 6.07 Å². The van der Waals surface area contributed by atoms with E-state index in [1.807, 2.05) is 12.1 Å². The van der Waals surface area contributed by atoms with Gasteiger partial charge in [0.15, 0.2) is 6.10 Å². The molecule has 7 heteroatoms. The zero-order valence-electron chi connectivity index (χ0n) is 16.4. The molecule has 6 rings (SSSR count). The van der Waals surface area contributed by atoms with Crippen molar-refractivity contribution in [2.45, 2.75) is 54.6 Å². The number of ether oxygens (including phenoxy) is 3. The molecule has 2 aliphatic carbocycles. The lowest BCUT2D eigenvalue weighted by Crippen LogP contribution is -2.79. The molecule has 7 nitrogen and oxygen atoms in total. The molecule has 3 unspecified atom stereocenters. The number of fused-ring (bicyclic) bond motifs is 1. The van der Waals surface area contributed by atoms with Crippen molar-refractivity contribution in [2.75, 3.05) is 26.3 Å². The molecule has 1 aromatic rings. The third kappa shape index (κ3) is 1.90. The summed E-state index contributed by atoms with van der Waals surface area (Å²) in [4.78, 5) is 14.5. The van der Waals surface area contributed by atoms with Gasteiger partial charge in [-0.15, -0.1) is 6.58 Å². The predicted octanol–water partition coefficient (Wildman–Crippen LogP) is 0.869. The number of benzene rings is 1. The Kier molecular flexibility index (Phi) is 3.46. The van der Waals surface area contributed by atoms with Gasteiger partial charge in [-0.05, 0) is 37.4 Å². The molecule has 0 radical (unpaired) electrons. The van der Waals surface area contributed by atoms with Crippen LogP contribution in [0.25, 0.3) is 0 Å². The average molecular weight is 398 g/mol. The second-order valence-electron chi connectivity index (χ2n) is 9.00. The van der Waals surface area contributed by atoms with E-state index in [-0.39, 0.29) is 6.04 Å². The number of hydrogen-bond acceptors (Lipinski definition) is 6. The first-order valence-electron chi connectivity index (χ1n) is 10.4. The van der Waals surface area contributed by atoms with Crippen LogP contribution in [0.5, 0.6) is 5.75 Å². The van der Waals surface area contributed by atoms with E-state index in [0.717, 1.165) is 24.2 Å². The zero-order valence-corrected chi connectivity index (χ0v) is 16.4. The van der Waals surface area contributed by atoms with Crippen LogP contribution in [-0.2, 0) is 21.3 Å². The van der Waals surface area contributed by atoms with Crippen molar-refractivity contribution in [1.82, 2.24) is 4.90 Å². The Morgan fingerprint density at radius 3 is 2.83 bits per heavy atom. The summed E-state index contributed by atoms with van der Waals surface area (Å²) in [5.41, 5.74) is 6.45. The lowest BCUT2D eigenvalue weighted by molar-refractivity contribution is -0.296. The first kappa shape index (κ1) is 17.9. The SMILES string of the molecule is C=CCN1CCC23c4c5ccc(C(N)=O)c4OC2C2(CCC3(O)[C@H]1C5)OCCO2. The van der Waals surface area contributed by atoms with Gasteiger partial charge in [0.1, 0.15) is 5.75 Å². The van der Waals surface area contributed by atoms with Crippen molar-refractivity contribution in [3.05, 3.63) is 41.5 Å². The van der Waals surface area contributed by atoms with E-state index < -0.39 is 28.8 Å². The van der Waals surface area contributed by atoms with Crippen LogP contribution >= 0.6 is 0 Å². The third-order valence-corrected chi connectivity index (χ3v) is 8.00. The normalized spacial score (nSPS) is 38.5. The summed E-state index contributed by atoms with van der Waals surface area (Å²) in [6, 6.07) is 3.69. The third-order valence-electron chi connectivity index (χ3n) is 8.00. The number of amides is 1. The van der Waals surface area contributed by atoms with E-state index in [4.69, 9.17) is 19.9 Å². The number of carbonyl (C=O) groups is 1. The molecule has 2 saturated heterocycles. The van der Waals surface area contributed by atoms with Crippen molar-refractivity contribution in [3.63, 3.8) is 0 Å². The molecule has 0 aromatic heterocycles. The minimum absolute atomic E-state index is 0.0445. The highest BCUT2D eigenvalue weighted by Crippen LogP contribution is 2.67. The molecule has 154 valence electrons. The first-order valence-corrected chi connectivity index (χ1v) is 10.4. The number of nitrogens with two attached hydrogens (primary N) is 1. The first-order chi connectivity index (χ1) is 14.0. The largest absolute Gasteiger partial charge is 0.483 e. The molecule has 4 atom stereocenters. The van der Waals surface area contributed by atoms with Gasteiger partial charge in [-0.2, -0.15) is 0 Å². The molecule has 3 aliphatic heterocycles. The van der Waals surface area contributed by atoms with E-state index in [9.17, 15) is 9.90 Å². The summed E-state index contributed by atoms with van der Waals surface area (Å²) < 4.78 is 18.8. The van der Waals surface area contributed by atoms with Gasteiger partial charge in [0, 0.05) is 24.6 Å². The standard InChI is InChI=1S/C22H26N2O5/c1-2-8-24-9-7-20-16-13-3-4-14(18(23)25)17(16)29-19(20)22(27-10-11-28-22)6-5-21(20,26)15(24)12-13/h2-4,15,19,26H,1,5-12H2,(H2,23,25)/t15-,19?,20?,21?/m1/s1. The molecule has 2 spiro atoms. The van der Waals surface area contributed by atoms with Crippen molar-refractivity contribution >= 4 is 5.91 Å². The van der Waals surface area contributed by atoms with Crippen molar-refractivity contribution in [2.24, 2.45) is 5.73 Å². The molecular formula is C22H26N2O5. The van der Waals surface area contributed by atoms with Gasteiger partial charge >= 0.3 is 0 Å². The summed E-state index contributed by atoms with van der Waals surface area (Å²) in [6.07, 6.45) is 3.93. The topological polar surface area (TPSA) is 94.3 Å². The van der Waals surface area contributed by atoms with Crippen molar-refractivity contribution < 1.29 is 24.1 Å².